The summed E-state index contributed by atoms with van der Waals surface area (Å²) in [6.45, 7) is 6.52. The van der Waals surface area contributed by atoms with Crippen molar-refractivity contribution < 1.29 is 24.5 Å². The monoisotopic (exact) mass is 454 g/mol. The maximum absolute atomic E-state index is 13.6. The standard InChI is InChI=1S/C26H31FN2O4/c1-16(2)26-28-24(18-6-4-17(3)5-7-18)25(19-8-10-20(27)11-9-19)29(26)13-12-21(30)14-22(31)15-23(32)33/h4-11,16,21-22,30-31H,12-15H2,1-3H3,(H,32,33). The van der Waals surface area contributed by atoms with Crippen LogP contribution in [0.4, 0.5) is 4.39 Å². The third-order valence-corrected chi connectivity index (χ3v) is 5.60. The van der Waals surface area contributed by atoms with Crippen molar-refractivity contribution in [3.63, 3.8) is 0 Å². The van der Waals surface area contributed by atoms with E-state index in [4.69, 9.17) is 10.1 Å². The molecule has 1 heterocycles. The second kappa shape index (κ2) is 10.7. The molecule has 0 aliphatic heterocycles. The second-order valence-electron chi connectivity index (χ2n) is 8.78. The molecule has 0 radical (unpaired) electrons. The number of aliphatic carboxylic acids is 1. The zero-order valence-electron chi connectivity index (χ0n) is 19.2. The lowest BCUT2D eigenvalue weighted by atomic mass is 10.0. The molecule has 3 N–H and O–H groups in total. The van der Waals surface area contributed by atoms with Crippen molar-refractivity contribution in [1.29, 1.82) is 0 Å². The number of carboxylic acid groups (broad SMARTS) is 1. The van der Waals surface area contributed by atoms with Crippen LogP contribution < -0.4 is 0 Å². The van der Waals surface area contributed by atoms with Crippen molar-refractivity contribution in [2.45, 2.75) is 64.7 Å². The summed E-state index contributed by atoms with van der Waals surface area (Å²) in [7, 11) is 0. The highest BCUT2D eigenvalue weighted by molar-refractivity contribution is 5.79. The summed E-state index contributed by atoms with van der Waals surface area (Å²) in [5, 5.41) is 29.1. The predicted octanol–water partition coefficient (Wildman–Crippen LogP) is 4.76. The molecule has 6 nitrogen and oxygen atoms in total. The number of aromatic nitrogens is 2. The van der Waals surface area contributed by atoms with Gasteiger partial charge in [0.1, 0.15) is 11.6 Å². The van der Waals surface area contributed by atoms with Gasteiger partial charge < -0.3 is 19.9 Å². The van der Waals surface area contributed by atoms with E-state index in [1.54, 1.807) is 12.1 Å². The van der Waals surface area contributed by atoms with Crippen LogP contribution in [-0.2, 0) is 11.3 Å². The number of hydrogen-bond donors (Lipinski definition) is 3. The van der Waals surface area contributed by atoms with Crippen molar-refractivity contribution in [2.24, 2.45) is 0 Å². The van der Waals surface area contributed by atoms with E-state index >= 15 is 0 Å². The van der Waals surface area contributed by atoms with Gasteiger partial charge in [0.2, 0.25) is 0 Å². The average molecular weight is 455 g/mol. The molecule has 2 aromatic carbocycles. The fourth-order valence-electron chi connectivity index (χ4n) is 3.95. The molecular formula is C26H31FN2O4. The summed E-state index contributed by atoms with van der Waals surface area (Å²) >= 11 is 0. The summed E-state index contributed by atoms with van der Waals surface area (Å²) < 4.78 is 15.7. The van der Waals surface area contributed by atoms with Crippen LogP contribution >= 0.6 is 0 Å². The number of nitrogens with zero attached hydrogens (tertiary/aromatic N) is 2. The molecule has 0 aliphatic carbocycles. The minimum atomic E-state index is -1.11. The van der Waals surface area contributed by atoms with Gasteiger partial charge in [0.05, 0.1) is 30.0 Å². The van der Waals surface area contributed by atoms with Gasteiger partial charge in [-0.1, -0.05) is 43.7 Å². The van der Waals surface area contributed by atoms with Crippen molar-refractivity contribution >= 4 is 5.97 Å². The van der Waals surface area contributed by atoms with Gasteiger partial charge in [-0.3, -0.25) is 4.79 Å². The lowest BCUT2D eigenvalue weighted by Crippen LogP contribution is -2.22. The Morgan fingerprint density at radius 2 is 1.61 bits per heavy atom. The molecule has 0 aliphatic rings. The van der Waals surface area contributed by atoms with Gasteiger partial charge in [0.25, 0.3) is 0 Å². The average Bonchev–Trinajstić information content (AvgIpc) is 3.12. The summed E-state index contributed by atoms with van der Waals surface area (Å²) in [5.41, 5.74) is 4.50. The van der Waals surface area contributed by atoms with Crippen LogP contribution in [-0.4, -0.2) is 43.0 Å². The first-order valence-corrected chi connectivity index (χ1v) is 11.2. The van der Waals surface area contributed by atoms with Crippen LogP contribution in [0.3, 0.4) is 0 Å². The summed E-state index contributed by atoms with van der Waals surface area (Å²) in [5.74, 6) is -0.498. The van der Waals surface area contributed by atoms with Crippen LogP contribution in [0.25, 0.3) is 22.5 Å². The Bertz CT molecular complexity index is 1070. The Labute approximate surface area is 193 Å². The van der Waals surface area contributed by atoms with Crippen molar-refractivity contribution in [3.05, 3.63) is 65.7 Å². The van der Waals surface area contributed by atoms with E-state index in [1.165, 1.54) is 12.1 Å². The molecule has 2 atom stereocenters. The molecule has 176 valence electrons. The summed E-state index contributed by atoms with van der Waals surface area (Å²) in [4.78, 5) is 15.7. The highest BCUT2D eigenvalue weighted by atomic mass is 19.1. The first-order valence-electron chi connectivity index (χ1n) is 11.2. The maximum Gasteiger partial charge on any atom is 0.305 e. The van der Waals surface area contributed by atoms with Gasteiger partial charge >= 0.3 is 5.97 Å². The van der Waals surface area contributed by atoms with E-state index in [2.05, 4.69) is 0 Å². The molecule has 7 heteroatoms. The Hall–Kier alpha value is -3.03. The van der Waals surface area contributed by atoms with E-state index in [0.29, 0.717) is 13.0 Å². The number of hydrogen-bond acceptors (Lipinski definition) is 4. The Morgan fingerprint density at radius 1 is 1.00 bits per heavy atom. The number of benzene rings is 2. The SMILES string of the molecule is Cc1ccc(-c2nc(C(C)C)n(CCC(O)CC(O)CC(=O)O)c2-c2ccc(F)cc2)cc1. The molecule has 0 spiro atoms. The number of carboxylic acids is 1. The molecule has 0 fully saturated rings. The molecule has 0 amide bonds. The van der Waals surface area contributed by atoms with Gasteiger partial charge in [-0.15, -0.1) is 0 Å². The number of imidazole rings is 1. The van der Waals surface area contributed by atoms with Crippen LogP contribution in [0.5, 0.6) is 0 Å². The van der Waals surface area contributed by atoms with E-state index in [-0.39, 0.29) is 18.2 Å². The topological polar surface area (TPSA) is 95.6 Å². The predicted molar refractivity (Wildman–Crippen MR) is 125 cm³/mol. The van der Waals surface area contributed by atoms with Crippen molar-refractivity contribution in [2.75, 3.05) is 0 Å². The van der Waals surface area contributed by atoms with Crippen LogP contribution in [0.15, 0.2) is 48.5 Å². The molecule has 1 aromatic heterocycles. The molecule has 33 heavy (non-hydrogen) atoms. The molecule has 2 unspecified atom stereocenters. The highest BCUT2D eigenvalue weighted by Gasteiger charge is 2.23. The van der Waals surface area contributed by atoms with Gasteiger partial charge in [0.15, 0.2) is 0 Å². The van der Waals surface area contributed by atoms with Gasteiger partial charge in [0, 0.05) is 23.6 Å². The summed E-state index contributed by atoms with van der Waals surface area (Å²) in [6, 6.07) is 14.3. The van der Waals surface area contributed by atoms with E-state index in [9.17, 15) is 19.4 Å². The van der Waals surface area contributed by atoms with Gasteiger partial charge in [-0.2, -0.15) is 0 Å². The molecule has 0 saturated carbocycles. The first-order chi connectivity index (χ1) is 15.7. The normalized spacial score (nSPS) is 13.3. The quantitative estimate of drug-likeness (QED) is 0.410. The maximum atomic E-state index is 13.6. The van der Waals surface area contributed by atoms with Crippen LogP contribution in [0.1, 0.15) is 50.4 Å². The fourth-order valence-corrected chi connectivity index (χ4v) is 3.95. The zero-order chi connectivity index (χ0) is 24.1. The Morgan fingerprint density at radius 3 is 2.18 bits per heavy atom. The minimum absolute atomic E-state index is 0.0191. The van der Waals surface area contributed by atoms with Crippen LogP contribution in [0, 0.1) is 12.7 Å². The Kier molecular flexibility index (Phi) is 8.00. The van der Waals surface area contributed by atoms with Gasteiger partial charge in [-0.25, -0.2) is 9.37 Å². The van der Waals surface area contributed by atoms with E-state index in [1.807, 2.05) is 49.6 Å². The highest BCUT2D eigenvalue weighted by Crippen LogP contribution is 2.35. The zero-order valence-corrected chi connectivity index (χ0v) is 19.2. The van der Waals surface area contributed by atoms with Crippen molar-refractivity contribution in [1.82, 2.24) is 9.55 Å². The molecule has 3 aromatic rings. The minimum Gasteiger partial charge on any atom is -0.481 e. The molecular weight excluding hydrogens is 423 g/mol. The lowest BCUT2D eigenvalue weighted by molar-refractivity contribution is -0.139. The molecule has 3 rings (SSSR count). The fraction of sp³-hybridized carbons (Fsp3) is 0.385. The molecule has 0 saturated heterocycles. The number of aliphatic hydroxyl groups excluding tert-OH is 2. The number of aryl methyl sites for hydroxylation is 1. The number of rotatable bonds is 10. The largest absolute Gasteiger partial charge is 0.481 e. The number of halogens is 1. The second-order valence-corrected chi connectivity index (χ2v) is 8.78. The molecule has 0 bridgehead atoms. The smallest absolute Gasteiger partial charge is 0.305 e. The van der Waals surface area contributed by atoms with Crippen molar-refractivity contribution in [3.8, 4) is 22.5 Å². The Balaban J connectivity index is 2.01. The van der Waals surface area contributed by atoms with E-state index in [0.717, 1.165) is 33.9 Å². The van der Waals surface area contributed by atoms with Gasteiger partial charge in [-0.05, 0) is 44.0 Å². The third-order valence-electron chi connectivity index (χ3n) is 5.60. The first kappa shape index (κ1) is 24.6. The lowest BCUT2D eigenvalue weighted by Gasteiger charge is -2.18. The number of carbonyl (C=O) groups is 1. The summed E-state index contributed by atoms with van der Waals surface area (Å²) in [6.07, 6.45) is -2.09. The number of aliphatic hydroxyl groups is 2. The van der Waals surface area contributed by atoms with E-state index < -0.39 is 24.6 Å². The third kappa shape index (κ3) is 6.27. The van der Waals surface area contributed by atoms with Crippen LogP contribution in [0.2, 0.25) is 0 Å².